The lowest BCUT2D eigenvalue weighted by atomic mass is 9.96. The van der Waals surface area contributed by atoms with Crippen LogP contribution < -0.4 is 5.32 Å². The van der Waals surface area contributed by atoms with Gasteiger partial charge in [0.2, 0.25) is 0 Å². The zero-order chi connectivity index (χ0) is 13.9. The zero-order valence-corrected chi connectivity index (χ0v) is 12.1. The van der Waals surface area contributed by atoms with Crippen LogP contribution in [0.4, 0.5) is 0 Å². The fraction of sp³-hybridized carbons (Fsp3) is 0.625. The van der Waals surface area contributed by atoms with Crippen LogP contribution in [0.1, 0.15) is 30.5 Å². The van der Waals surface area contributed by atoms with Gasteiger partial charge in [0.25, 0.3) is 0 Å². The molecule has 0 aromatic heterocycles. The van der Waals surface area contributed by atoms with Crippen LogP contribution in [-0.2, 0) is 11.3 Å². The Labute approximate surface area is 120 Å². The highest BCUT2D eigenvalue weighted by Gasteiger charge is 2.33. The molecule has 0 saturated carbocycles. The molecule has 2 N–H and O–H groups in total. The van der Waals surface area contributed by atoms with Crippen molar-refractivity contribution in [2.45, 2.75) is 38.1 Å². The number of benzene rings is 1. The lowest BCUT2D eigenvalue weighted by molar-refractivity contribution is -0.0925. The highest BCUT2D eigenvalue weighted by atomic mass is 16.5. The first-order valence-electron chi connectivity index (χ1n) is 7.56. The van der Waals surface area contributed by atoms with E-state index in [9.17, 15) is 5.11 Å². The molecule has 1 aromatic carbocycles. The smallest absolute Gasteiger partial charge is 0.0933 e. The number of hydrogen-bond donors (Lipinski definition) is 2. The first kappa shape index (κ1) is 14.0. The Bertz CT molecular complexity index is 452. The Morgan fingerprint density at radius 1 is 1.40 bits per heavy atom. The van der Waals surface area contributed by atoms with Crippen molar-refractivity contribution in [1.29, 1.82) is 0 Å². The summed E-state index contributed by atoms with van der Waals surface area (Å²) in [7, 11) is 0. The molecule has 0 spiro atoms. The van der Waals surface area contributed by atoms with Crippen molar-refractivity contribution in [1.82, 2.24) is 10.2 Å². The van der Waals surface area contributed by atoms with Crippen molar-refractivity contribution in [3.8, 4) is 0 Å². The summed E-state index contributed by atoms with van der Waals surface area (Å²) in [5.74, 6) is 0. The van der Waals surface area contributed by atoms with E-state index in [1.165, 1.54) is 11.1 Å². The molecule has 3 rings (SSSR count). The number of aliphatic hydroxyl groups excluding tert-OH is 1. The Balaban J connectivity index is 1.88. The molecular formula is C16H24N2O2. The third-order valence-corrected chi connectivity index (χ3v) is 4.48. The van der Waals surface area contributed by atoms with E-state index < -0.39 is 0 Å². The van der Waals surface area contributed by atoms with Crippen LogP contribution in [0.2, 0.25) is 0 Å². The van der Waals surface area contributed by atoms with Crippen molar-refractivity contribution in [2.24, 2.45) is 0 Å². The molecule has 2 aliphatic heterocycles. The minimum atomic E-state index is -0.0467. The fourth-order valence-corrected chi connectivity index (χ4v) is 3.37. The zero-order valence-electron chi connectivity index (χ0n) is 12.1. The molecule has 20 heavy (non-hydrogen) atoms. The van der Waals surface area contributed by atoms with Crippen molar-refractivity contribution in [3.05, 3.63) is 35.4 Å². The summed E-state index contributed by atoms with van der Waals surface area (Å²) in [6.07, 6.45) is 1.06. The number of nitrogens with zero attached hydrogens (tertiary/aromatic N) is 1. The SMILES string of the molecule is CC1COC(CO)CN1C1CCNCc2ccccc21. The van der Waals surface area contributed by atoms with E-state index in [0.717, 1.165) is 26.1 Å². The predicted octanol–water partition coefficient (Wildman–Crippen LogP) is 1.30. The van der Waals surface area contributed by atoms with Gasteiger partial charge in [-0.05, 0) is 31.0 Å². The van der Waals surface area contributed by atoms with Crippen molar-refractivity contribution >= 4 is 0 Å². The number of hydrogen-bond acceptors (Lipinski definition) is 4. The molecule has 4 nitrogen and oxygen atoms in total. The number of nitrogens with one attached hydrogen (secondary N) is 1. The monoisotopic (exact) mass is 276 g/mol. The predicted molar refractivity (Wildman–Crippen MR) is 78.5 cm³/mol. The van der Waals surface area contributed by atoms with E-state index >= 15 is 0 Å². The van der Waals surface area contributed by atoms with Crippen LogP contribution in [0.3, 0.4) is 0 Å². The van der Waals surface area contributed by atoms with Crippen LogP contribution >= 0.6 is 0 Å². The average molecular weight is 276 g/mol. The summed E-state index contributed by atoms with van der Waals surface area (Å²) >= 11 is 0. The second-order valence-electron chi connectivity index (χ2n) is 5.86. The molecule has 0 amide bonds. The Kier molecular flexibility index (Phi) is 4.36. The minimum Gasteiger partial charge on any atom is -0.394 e. The summed E-state index contributed by atoms with van der Waals surface area (Å²) in [4.78, 5) is 2.51. The molecule has 3 unspecified atom stereocenters. The molecule has 1 saturated heterocycles. The normalized spacial score (nSPS) is 31.6. The molecule has 0 aliphatic carbocycles. The second kappa shape index (κ2) is 6.22. The highest BCUT2D eigenvalue weighted by Crippen LogP contribution is 2.32. The highest BCUT2D eigenvalue weighted by molar-refractivity contribution is 5.31. The maximum absolute atomic E-state index is 9.38. The van der Waals surface area contributed by atoms with E-state index in [2.05, 4.69) is 41.4 Å². The number of fused-ring (bicyclic) bond motifs is 1. The van der Waals surface area contributed by atoms with E-state index in [-0.39, 0.29) is 12.7 Å². The van der Waals surface area contributed by atoms with Gasteiger partial charge in [0.15, 0.2) is 0 Å². The number of morpholine rings is 1. The quantitative estimate of drug-likeness (QED) is 0.855. The lowest BCUT2D eigenvalue weighted by Crippen LogP contribution is -2.51. The van der Waals surface area contributed by atoms with Gasteiger partial charge in [0.1, 0.15) is 0 Å². The van der Waals surface area contributed by atoms with Gasteiger partial charge in [-0.2, -0.15) is 0 Å². The summed E-state index contributed by atoms with van der Waals surface area (Å²) in [5.41, 5.74) is 2.83. The van der Waals surface area contributed by atoms with Gasteiger partial charge in [-0.1, -0.05) is 24.3 Å². The van der Waals surface area contributed by atoms with Gasteiger partial charge in [-0.25, -0.2) is 0 Å². The Morgan fingerprint density at radius 3 is 3.10 bits per heavy atom. The molecular weight excluding hydrogens is 252 g/mol. The van der Waals surface area contributed by atoms with Gasteiger partial charge in [0.05, 0.1) is 19.3 Å². The molecule has 4 heteroatoms. The Hall–Kier alpha value is -0.940. The molecule has 0 bridgehead atoms. The molecule has 0 radical (unpaired) electrons. The average Bonchev–Trinajstić information content (AvgIpc) is 2.70. The minimum absolute atomic E-state index is 0.0467. The topological polar surface area (TPSA) is 44.7 Å². The Morgan fingerprint density at radius 2 is 2.25 bits per heavy atom. The van der Waals surface area contributed by atoms with Crippen LogP contribution in [0.25, 0.3) is 0 Å². The van der Waals surface area contributed by atoms with Gasteiger partial charge in [0, 0.05) is 25.2 Å². The van der Waals surface area contributed by atoms with Gasteiger partial charge >= 0.3 is 0 Å². The van der Waals surface area contributed by atoms with Crippen molar-refractivity contribution in [3.63, 3.8) is 0 Å². The maximum atomic E-state index is 9.38. The van der Waals surface area contributed by atoms with Gasteiger partial charge in [-0.3, -0.25) is 4.90 Å². The molecule has 1 fully saturated rings. The summed E-state index contributed by atoms with van der Waals surface area (Å²) in [6, 6.07) is 9.54. The van der Waals surface area contributed by atoms with Crippen LogP contribution in [0.5, 0.6) is 0 Å². The first-order chi connectivity index (χ1) is 9.79. The van der Waals surface area contributed by atoms with Crippen molar-refractivity contribution < 1.29 is 9.84 Å². The number of rotatable bonds is 2. The van der Waals surface area contributed by atoms with Crippen molar-refractivity contribution in [2.75, 3.05) is 26.3 Å². The molecule has 2 aliphatic rings. The lowest BCUT2D eigenvalue weighted by Gasteiger charge is -2.42. The second-order valence-corrected chi connectivity index (χ2v) is 5.86. The summed E-state index contributed by atoms with van der Waals surface area (Å²) in [5, 5.41) is 12.9. The third-order valence-electron chi connectivity index (χ3n) is 4.48. The van der Waals surface area contributed by atoms with E-state index in [0.29, 0.717) is 18.7 Å². The largest absolute Gasteiger partial charge is 0.394 e. The third kappa shape index (κ3) is 2.74. The number of ether oxygens (including phenoxy) is 1. The van der Waals surface area contributed by atoms with Gasteiger partial charge < -0.3 is 15.2 Å². The van der Waals surface area contributed by atoms with Gasteiger partial charge in [-0.15, -0.1) is 0 Å². The standard InChI is InChI=1S/C16H24N2O2/c1-12-11-20-14(10-19)9-18(12)16-6-7-17-8-13-4-2-3-5-15(13)16/h2-5,12,14,16-17,19H,6-11H2,1H3. The molecule has 1 aromatic rings. The van der Waals surface area contributed by atoms with Crippen LogP contribution in [0.15, 0.2) is 24.3 Å². The van der Waals surface area contributed by atoms with E-state index in [4.69, 9.17) is 4.74 Å². The molecule has 3 atom stereocenters. The first-order valence-corrected chi connectivity index (χ1v) is 7.56. The van der Waals surface area contributed by atoms with E-state index in [1.807, 2.05) is 0 Å². The fourth-order valence-electron chi connectivity index (χ4n) is 3.37. The molecule has 2 heterocycles. The van der Waals surface area contributed by atoms with Crippen LogP contribution in [0, 0.1) is 0 Å². The summed E-state index contributed by atoms with van der Waals surface area (Å²) < 4.78 is 5.67. The number of aliphatic hydroxyl groups is 1. The van der Waals surface area contributed by atoms with Crippen LogP contribution in [-0.4, -0.2) is 48.5 Å². The molecule has 110 valence electrons. The summed E-state index contributed by atoms with van der Waals surface area (Å²) in [6.45, 7) is 5.83. The maximum Gasteiger partial charge on any atom is 0.0933 e. The van der Waals surface area contributed by atoms with E-state index in [1.54, 1.807) is 0 Å².